The fourth-order valence-corrected chi connectivity index (χ4v) is 4.27. The quantitative estimate of drug-likeness (QED) is 0.830. The Hall–Kier alpha value is -1.59. The number of benzene rings is 1. The van der Waals surface area contributed by atoms with Crippen molar-refractivity contribution in [2.75, 3.05) is 53.4 Å². The Bertz CT molecular complexity index is 638. The number of nitrogens with zero attached hydrogens (tertiary/aromatic N) is 3. The Labute approximate surface area is 157 Å². The maximum Gasteiger partial charge on any atom is 0.260 e. The number of carbonyl (C=O) groups is 1. The van der Waals surface area contributed by atoms with Gasteiger partial charge in [0.15, 0.2) is 6.61 Å². The van der Waals surface area contributed by atoms with E-state index in [9.17, 15) is 4.79 Å². The maximum atomic E-state index is 12.6. The van der Waals surface area contributed by atoms with Gasteiger partial charge in [-0.3, -0.25) is 9.69 Å². The number of ether oxygens (including phenoxy) is 1. The summed E-state index contributed by atoms with van der Waals surface area (Å²) >= 11 is 0. The van der Waals surface area contributed by atoms with Gasteiger partial charge in [-0.2, -0.15) is 0 Å². The van der Waals surface area contributed by atoms with Crippen LogP contribution in [0.1, 0.15) is 30.4 Å². The van der Waals surface area contributed by atoms with Crippen LogP contribution in [0, 0.1) is 13.8 Å². The molecule has 2 aliphatic rings. The van der Waals surface area contributed by atoms with Crippen LogP contribution in [-0.4, -0.2) is 79.6 Å². The van der Waals surface area contributed by atoms with E-state index in [-0.39, 0.29) is 18.1 Å². The summed E-state index contributed by atoms with van der Waals surface area (Å²) in [5, 5.41) is 0. The Kier molecular flexibility index (Phi) is 5.88. The lowest BCUT2D eigenvalue weighted by Gasteiger charge is -2.47. The molecule has 1 aromatic carbocycles. The zero-order chi connectivity index (χ0) is 18.7. The highest BCUT2D eigenvalue weighted by molar-refractivity contribution is 5.78. The van der Waals surface area contributed by atoms with Gasteiger partial charge in [0.05, 0.1) is 0 Å². The lowest BCUT2D eigenvalue weighted by molar-refractivity contribution is -0.136. The monoisotopic (exact) mass is 359 g/mol. The van der Waals surface area contributed by atoms with Gasteiger partial charge in [-0.15, -0.1) is 0 Å². The summed E-state index contributed by atoms with van der Waals surface area (Å²) in [5.41, 5.74) is 2.65. The summed E-state index contributed by atoms with van der Waals surface area (Å²) in [4.78, 5) is 19.5. The summed E-state index contributed by atoms with van der Waals surface area (Å²) in [6.45, 7) is 9.34. The number of hydrogen-bond donors (Lipinski definition) is 0. The van der Waals surface area contributed by atoms with Crippen molar-refractivity contribution in [1.29, 1.82) is 0 Å². The van der Waals surface area contributed by atoms with E-state index in [1.54, 1.807) is 0 Å². The molecule has 0 aliphatic carbocycles. The topological polar surface area (TPSA) is 36.0 Å². The molecular weight excluding hydrogens is 326 g/mol. The van der Waals surface area contributed by atoms with Crippen molar-refractivity contribution in [1.82, 2.24) is 14.7 Å². The SMILES string of the molecule is Cc1ccc(OCC(=O)N2CCC3(CC2)CN(C)CCCN3C)cc1C. The highest BCUT2D eigenvalue weighted by Gasteiger charge is 2.40. The normalized spacial score (nSPS) is 21.6. The van der Waals surface area contributed by atoms with Crippen LogP contribution in [0.3, 0.4) is 0 Å². The number of hydrogen-bond acceptors (Lipinski definition) is 4. The van der Waals surface area contributed by atoms with Gasteiger partial charge in [0.2, 0.25) is 0 Å². The Morgan fingerprint density at radius 3 is 2.50 bits per heavy atom. The van der Waals surface area contributed by atoms with E-state index in [1.807, 2.05) is 23.1 Å². The van der Waals surface area contributed by atoms with Crippen molar-refractivity contribution in [3.8, 4) is 5.75 Å². The van der Waals surface area contributed by atoms with Crippen molar-refractivity contribution in [3.63, 3.8) is 0 Å². The van der Waals surface area contributed by atoms with Gasteiger partial charge in [0, 0.05) is 25.2 Å². The molecule has 2 aliphatic heterocycles. The van der Waals surface area contributed by atoms with Gasteiger partial charge in [0.25, 0.3) is 5.91 Å². The van der Waals surface area contributed by atoms with E-state index in [4.69, 9.17) is 4.74 Å². The van der Waals surface area contributed by atoms with Crippen LogP contribution >= 0.6 is 0 Å². The van der Waals surface area contributed by atoms with E-state index in [0.717, 1.165) is 44.8 Å². The fraction of sp³-hybridized carbons (Fsp3) is 0.667. The minimum atomic E-state index is 0.0997. The van der Waals surface area contributed by atoms with Gasteiger partial charge in [-0.1, -0.05) is 6.07 Å². The molecule has 0 atom stereocenters. The molecule has 3 rings (SSSR count). The highest BCUT2D eigenvalue weighted by Crippen LogP contribution is 2.31. The van der Waals surface area contributed by atoms with E-state index in [1.165, 1.54) is 24.1 Å². The van der Waals surface area contributed by atoms with Crippen molar-refractivity contribution in [2.24, 2.45) is 0 Å². The van der Waals surface area contributed by atoms with Gasteiger partial charge in [-0.25, -0.2) is 0 Å². The van der Waals surface area contributed by atoms with Crippen molar-refractivity contribution in [3.05, 3.63) is 29.3 Å². The molecule has 1 spiro atoms. The first-order chi connectivity index (χ1) is 12.4. The van der Waals surface area contributed by atoms with Crippen LogP contribution in [0.4, 0.5) is 0 Å². The molecule has 0 unspecified atom stereocenters. The number of likely N-dealkylation sites (tertiary alicyclic amines) is 1. The van der Waals surface area contributed by atoms with E-state index >= 15 is 0 Å². The molecule has 0 saturated carbocycles. The summed E-state index contributed by atoms with van der Waals surface area (Å²) in [7, 11) is 4.47. The minimum absolute atomic E-state index is 0.0997. The average molecular weight is 360 g/mol. The molecule has 26 heavy (non-hydrogen) atoms. The first-order valence-electron chi connectivity index (χ1n) is 9.77. The van der Waals surface area contributed by atoms with Crippen LogP contribution in [0.25, 0.3) is 0 Å². The number of aryl methyl sites for hydroxylation is 2. The molecule has 5 heteroatoms. The number of piperidine rings is 1. The largest absolute Gasteiger partial charge is 0.484 e. The van der Waals surface area contributed by atoms with Crippen LogP contribution < -0.4 is 4.74 Å². The predicted molar refractivity (Wildman–Crippen MR) is 105 cm³/mol. The maximum absolute atomic E-state index is 12.6. The lowest BCUT2D eigenvalue weighted by Crippen LogP contribution is -2.58. The molecule has 0 N–H and O–H groups in total. The fourth-order valence-electron chi connectivity index (χ4n) is 4.27. The molecule has 1 amide bonds. The molecule has 2 fully saturated rings. The van der Waals surface area contributed by atoms with Gasteiger partial charge >= 0.3 is 0 Å². The summed E-state index contributed by atoms with van der Waals surface area (Å²) in [6, 6.07) is 5.99. The van der Waals surface area contributed by atoms with Crippen molar-refractivity contribution in [2.45, 2.75) is 38.6 Å². The Balaban J connectivity index is 1.53. The van der Waals surface area contributed by atoms with Gasteiger partial charge in [0.1, 0.15) is 5.75 Å². The van der Waals surface area contributed by atoms with Crippen LogP contribution in [0.5, 0.6) is 5.75 Å². The molecule has 2 saturated heterocycles. The van der Waals surface area contributed by atoms with Crippen LogP contribution in [0.2, 0.25) is 0 Å². The van der Waals surface area contributed by atoms with Crippen molar-refractivity contribution >= 4 is 5.91 Å². The molecule has 144 valence electrons. The third-order valence-electron chi connectivity index (χ3n) is 6.29. The molecule has 2 heterocycles. The number of rotatable bonds is 3. The Morgan fingerprint density at radius 2 is 1.81 bits per heavy atom. The Morgan fingerprint density at radius 1 is 1.08 bits per heavy atom. The number of likely N-dealkylation sites (N-methyl/N-ethyl adjacent to an activating group) is 2. The van der Waals surface area contributed by atoms with Gasteiger partial charge in [-0.05, 0) is 83.6 Å². The van der Waals surface area contributed by atoms with E-state index in [2.05, 4.69) is 37.7 Å². The molecule has 0 aromatic heterocycles. The summed E-state index contributed by atoms with van der Waals surface area (Å²) in [5.74, 6) is 0.878. The minimum Gasteiger partial charge on any atom is -0.484 e. The summed E-state index contributed by atoms with van der Waals surface area (Å²) < 4.78 is 5.74. The zero-order valence-corrected chi connectivity index (χ0v) is 16.8. The molecule has 1 aromatic rings. The highest BCUT2D eigenvalue weighted by atomic mass is 16.5. The second kappa shape index (κ2) is 7.97. The summed E-state index contributed by atoms with van der Waals surface area (Å²) in [6.07, 6.45) is 3.31. The second-order valence-electron chi connectivity index (χ2n) is 8.15. The van der Waals surface area contributed by atoms with Gasteiger partial charge < -0.3 is 14.5 Å². The first kappa shape index (κ1) is 19.2. The second-order valence-corrected chi connectivity index (χ2v) is 8.15. The number of amides is 1. The lowest BCUT2D eigenvalue weighted by atomic mass is 9.85. The molecular formula is C21H33N3O2. The van der Waals surface area contributed by atoms with Crippen LogP contribution in [-0.2, 0) is 4.79 Å². The molecule has 0 bridgehead atoms. The predicted octanol–water partition coefficient (Wildman–Crippen LogP) is 2.31. The smallest absolute Gasteiger partial charge is 0.260 e. The standard InChI is InChI=1S/C21H33N3O2/c1-17-6-7-19(14-18(17)2)26-15-20(25)24-12-8-21(9-13-24)16-22(3)10-5-11-23(21)4/h6-7,14H,5,8-13,15-16H2,1-4H3. The average Bonchev–Trinajstić information content (AvgIpc) is 2.75. The van der Waals surface area contributed by atoms with E-state index < -0.39 is 0 Å². The first-order valence-corrected chi connectivity index (χ1v) is 9.77. The zero-order valence-electron chi connectivity index (χ0n) is 16.8. The molecule has 0 radical (unpaired) electrons. The third kappa shape index (κ3) is 4.21. The van der Waals surface area contributed by atoms with Crippen molar-refractivity contribution < 1.29 is 9.53 Å². The number of carbonyl (C=O) groups excluding carboxylic acids is 1. The van der Waals surface area contributed by atoms with Crippen LogP contribution in [0.15, 0.2) is 18.2 Å². The van der Waals surface area contributed by atoms with E-state index in [0.29, 0.717) is 0 Å². The molecule has 5 nitrogen and oxygen atoms in total. The third-order valence-corrected chi connectivity index (χ3v) is 6.29.